The first-order valence-corrected chi connectivity index (χ1v) is 14.9. The smallest absolute Gasteiger partial charge is 0.309 e. The lowest BCUT2D eigenvalue weighted by Gasteiger charge is -2.65. The zero-order chi connectivity index (χ0) is 27.1. The number of hydrogen-bond donors (Lipinski definition) is 4. The summed E-state index contributed by atoms with van der Waals surface area (Å²) in [5.41, 5.74) is -0.538. The van der Waals surface area contributed by atoms with Crippen molar-refractivity contribution >= 4 is 11.9 Å². The van der Waals surface area contributed by atoms with Gasteiger partial charge in [0.05, 0.1) is 24.0 Å². The zero-order valence-corrected chi connectivity index (χ0v) is 23.6. The maximum Gasteiger partial charge on any atom is 0.309 e. The summed E-state index contributed by atoms with van der Waals surface area (Å²) in [4.78, 5) is 24.9. The van der Waals surface area contributed by atoms with Crippen molar-refractivity contribution in [3.8, 4) is 0 Å². The Kier molecular flexibility index (Phi) is 8.67. The van der Waals surface area contributed by atoms with Gasteiger partial charge in [0.1, 0.15) is 0 Å². The van der Waals surface area contributed by atoms with Crippen LogP contribution in [0.2, 0.25) is 0 Å². The van der Waals surface area contributed by atoms with Crippen molar-refractivity contribution in [3.05, 3.63) is 0 Å². The SMILES string of the molecule is CCCCOC1C[C@@]2(C)C(CC[C@@H]3[C@H]2C(NCCC(C)C)C[C@]2(C)C(C(=O)O)CC[C@@H]32)C(C(=O)O)C1O. The Morgan fingerprint density at radius 1 is 1.00 bits per heavy atom. The van der Waals surface area contributed by atoms with Gasteiger partial charge in [-0.1, -0.05) is 41.0 Å². The van der Waals surface area contributed by atoms with Crippen molar-refractivity contribution in [2.75, 3.05) is 13.2 Å². The van der Waals surface area contributed by atoms with Gasteiger partial charge in [-0.15, -0.1) is 0 Å². The lowest BCUT2D eigenvalue weighted by atomic mass is 9.41. The van der Waals surface area contributed by atoms with Crippen LogP contribution in [0.3, 0.4) is 0 Å². The molecule has 0 aromatic rings. The quantitative estimate of drug-likeness (QED) is 0.305. The summed E-state index contributed by atoms with van der Waals surface area (Å²) in [6.07, 6.45) is 6.31. The van der Waals surface area contributed by atoms with Gasteiger partial charge < -0.3 is 25.4 Å². The highest BCUT2D eigenvalue weighted by Crippen LogP contribution is 2.68. The molecule has 0 spiro atoms. The number of unbranched alkanes of at least 4 members (excludes halogenated alkanes) is 1. The minimum Gasteiger partial charge on any atom is -0.481 e. The van der Waals surface area contributed by atoms with Crippen LogP contribution in [0, 0.1) is 52.3 Å². The van der Waals surface area contributed by atoms with Gasteiger partial charge in [0.15, 0.2) is 0 Å². The predicted molar refractivity (Wildman–Crippen MR) is 142 cm³/mol. The maximum absolute atomic E-state index is 12.6. The molecule has 6 unspecified atom stereocenters. The minimum absolute atomic E-state index is 0.109. The predicted octanol–water partition coefficient (Wildman–Crippen LogP) is 4.81. The molecule has 0 saturated heterocycles. The molecule has 37 heavy (non-hydrogen) atoms. The van der Waals surface area contributed by atoms with Gasteiger partial charge in [0.25, 0.3) is 0 Å². The molecule has 0 aromatic carbocycles. The van der Waals surface area contributed by atoms with Crippen LogP contribution in [-0.2, 0) is 14.3 Å². The van der Waals surface area contributed by atoms with Crippen molar-refractivity contribution in [2.24, 2.45) is 52.3 Å². The van der Waals surface area contributed by atoms with Crippen LogP contribution in [0.1, 0.15) is 92.4 Å². The number of carboxylic acids is 2. The van der Waals surface area contributed by atoms with Crippen LogP contribution in [-0.4, -0.2) is 58.7 Å². The number of aliphatic hydroxyl groups is 1. The molecule has 4 rings (SSSR count). The highest BCUT2D eigenvalue weighted by molar-refractivity contribution is 5.72. The first-order chi connectivity index (χ1) is 17.5. The molecule has 0 amide bonds. The third-order valence-electron chi connectivity index (χ3n) is 11.3. The van der Waals surface area contributed by atoms with E-state index in [1.165, 1.54) is 0 Å². The van der Waals surface area contributed by atoms with Crippen molar-refractivity contribution < 1.29 is 29.6 Å². The van der Waals surface area contributed by atoms with Gasteiger partial charge in [0.2, 0.25) is 0 Å². The Bertz CT molecular complexity index is 833. The summed E-state index contributed by atoms with van der Waals surface area (Å²) in [5.74, 6) is -1.31. The summed E-state index contributed by atoms with van der Waals surface area (Å²) >= 11 is 0. The Balaban J connectivity index is 1.71. The molecule has 0 radical (unpaired) electrons. The molecule has 7 heteroatoms. The maximum atomic E-state index is 12.6. The van der Waals surface area contributed by atoms with E-state index in [0.29, 0.717) is 30.8 Å². The minimum atomic E-state index is -0.993. The van der Waals surface area contributed by atoms with E-state index in [-0.39, 0.29) is 34.6 Å². The molecule has 0 aromatic heterocycles. The summed E-state index contributed by atoms with van der Waals surface area (Å²) in [7, 11) is 0. The fourth-order valence-corrected chi connectivity index (χ4v) is 9.61. The van der Waals surface area contributed by atoms with Crippen LogP contribution in [0.15, 0.2) is 0 Å². The van der Waals surface area contributed by atoms with E-state index >= 15 is 0 Å². The van der Waals surface area contributed by atoms with E-state index in [9.17, 15) is 24.9 Å². The van der Waals surface area contributed by atoms with Gasteiger partial charge in [0, 0.05) is 12.6 Å². The van der Waals surface area contributed by atoms with Crippen molar-refractivity contribution in [1.82, 2.24) is 5.32 Å². The van der Waals surface area contributed by atoms with Crippen LogP contribution in [0.25, 0.3) is 0 Å². The molecule has 4 fully saturated rings. The summed E-state index contributed by atoms with van der Waals surface area (Å²) < 4.78 is 6.20. The number of carboxylic acid groups (broad SMARTS) is 2. The third kappa shape index (κ3) is 5.09. The third-order valence-corrected chi connectivity index (χ3v) is 11.3. The monoisotopic (exact) mass is 521 g/mol. The Labute approximate surface area is 223 Å². The molecule has 7 nitrogen and oxygen atoms in total. The first kappa shape index (κ1) is 28.8. The number of rotatable bonds is 10. The molecular formula is C30H51NO6. The van der Waals surface area contributed by atoms with Gasteiger partial charge in [-0.05, 0) is 98.3 Å². The molecule has 0 heterocycles. The molecule has 11 atom stereocenters. The Morgan fingerprint density at radius 3 is 2.32 bits per heavy atom. The van der Waals surface area contributed by atoms with Crippen LogP contribution in [0.5, 0.6) is 0 Å². The van der Waals surface area contributed by atoms with Gasteiger partial charge in [-0.2, -0.15) is 0 Å². The number of hydrogen-bond acceptors (Lipinski definition) is 5. The highest BCUT2D eigenvalue weighted by atomic mass is 16.5. The van der Waals surface area contributed by atoms with E-state index in [2.05, 4.69) is 39.9 Å². The second kappa shape index (κ2) is 11.1. The molecule has 4 aliphatic carbocycles. The van der Waals surface area contributed by atoms with E-state index in [0.717, 1.165) is 57.9 Å². The number of aliphatic carboxylic acids is 2. The van der Waals surface area contributed by atoms with Crippen LogP contribution in [0.4, 0.5) is 0 Å². The van der Waals surface area contributed by atoms with E-state index < -0.39 is 30.1 Å². The normalized spacial score (nSPS) is 45.2. The fourth-order valence-electron chi connectivity index (χ4n) is 9.61. The molecule has 4 aliphatic rings. The molecule has 0 bridgehead atoms. The summed E-state index contributed by atoms with van der Waals surface area (Å²) in [5, 5.41) is 35.5. The first-order valence-electron chi connectivity index (χ1n) is 14.9. The number of nitrogens with one attached hydrogen (secondary N) is 1. The second-order valence-electron chi connectivity index (χ2n) is 13.7. The average Bonchev–Trinajstić information content (AvgIpc) is 3.16. The average molecular weight is 522 g/mol. The number of aliphatic hydroxyl groups excluding tert-OH is 1. The molecule has 4 N–H and O–H groups in total. The second-order valence-corrected chi connectivity index (χ2v) is 13.7. The standard InChI is InChI=1S/C30H51NO6/c1-6-7-14-37-23-16-30(5)20(24(26(23)32)28(35)36)9-8-18-19-10-11-21(27(33)34)29(19,4)15-22(25(18)30)31-13-12-17(2)3/h17-26,31-32H,6-16H2,1-5H3,(H,33,34)(H,35,36)/t18-,19-,20?,21?,22?,23?,24?,25-,26?,29-,30-/m0/s1. The number of ether oxygens (including phenoxy) is 1. The highest BCUT2D eigenvalue weighted by Gasteiger charge is 2.67. The number of fused-ring (bicyclic) bond motifs is 5. The zero-order valence-electron chi connectivity index (χ0n) is 23.6. The van der Waals surface area contributed by atoms with Crippen LogP contribution >= 0.6 is 0 Å². The molecular weight excluding hydrogens is 470 g/mol. The molecule has 212 valence electrons. The number of carbonyl (C=O) groups is 2. The Morgan fingerprint density at radius 2 is 1.70 bits per heavy atom. The van der Waals surface area contributed by atoms with E-state index in [1.807, 2.05) is 0 Å². The van der Waals surface area contributed by atoms with Crippen molar-refractivity contribution in [1.29, 1.82) is 0 Å². The van der Waals surface area contributed by atoms with Crippen molar-refractivity contribution in [3.63, 3.8) is 0 Å². The van der Waals surface area contributed by atoms with Gasteiger partial charge in [-0.25, -0.2) is 0 Å². The summed E-state index contributed by atoms with van der Waals surface area (Å²) in [6.45, 7) is 12.4. The van der Waals surface area contributed by atoms with E-state index in [4.69, 9.17) is 4.74 Å². The van der Waals surface area contributed by atoms with Gasteiger partial charge >= 0.3 is 11.9 Å². The molecule has 0 aliphatic heterocycles. The van der Waals surface area contributed by atoms with Crippen molar-refractivity contribution in [2.45, 2.75) is 111 Å². The fraction of sp³-hybridized carbons (Fsp3) is 0.933. The van der Waals surface area contributed by atoms with E-state index in [1.54, 1.807) is 0 Å². The summed E-state index contributed by atoms with van der Waals surface area (Å²) in [6, 6.07) is 0.138. The Hall–Kier alpha value is -1.18. The largest absolute Gasteiger partial charge is 0.481 e. The lowest BCUT2D eigenvalue weighted by Crippen LogP contribution is -2.66. The lowest BCUT2D eigenvalue weighted by molar-refractivity contribution is -0.212. The van der Waals surface area contributed by atoms with Crippen LogP contribution < -0.4 is 5.32 Å². The van der Waals surface area contributed by atoms with Gasteiger partial charge in [-0.3, -0.25) is 9.59 Å². The topological polar surface area (TPSA) is 116 Å². The molecule has 4 saturated carbocycles.